The van der Waals surface area contributed by atoms with Crippen molar-refractivity contribution < 1.29 is 29.3 Å². The van der Waals surface area contributed by atoms with Gasteiger partial charge in [-0.15, -0.1) is 0 Å². The molecule has 1 fully saturated rings. The molecule has 1 aliphatic heterocycles. The van der Waals surface area contributed by atoms with Gasteiger partial charge in [-0.1, -0.05) is 43.3 Å². The minimum atomic E-state index is -1.82. The second kappa shape index (κ2) is 10.5. The number of piperidine rings is 1. The van der Waals surface area contributed by atoms with E-state index < -0.39 is 17.4 Å². The molecule has 2 aromatic carbocycles. The van der Waals surface area contributed by atoms with Crippen LogP contribution in [0.4, 0.5) is 0 Å². The molecule has 0 atom stereocenters. The van der Waals surface area contributed by atoms with Gasteiger partial charge in [0.15, 0.2) is 0 Å². The summed E-state index contributed by atoms with van der Waals surface area (Å²) in [5.74, 6) is -1.73. The highest BCUT2D eigenvalue weighted by Crippen LogP contribution is 2.42. The first-order valence-electron chi connectivity index (χ1n) is 9.80. The molecule has 0 saturated carbocycles. The standard InChI is InChI=1S/C21H25NO2.C2H2O4/c1-3-20(23)21(13-15-22(2)16-14-21)18-11-7-8-12-19(18)24-17-9-5-4-6-10-17;3-1(4)2(5)6/h4-12H,3,13-16H2,1-2H3;(H,3,4)(H,5,6). The van der Waals surface area contributed by atoms with Crippen molar-refractivity contribution in [3.8, 4) is 11.5 Å². The fraction of sp³-hybridized carbons (Fsp3) is 0.348. The van der Waals surface area contributed by atoms with Gasteiger partial charge >= 0.3 is 11.9 Å². The first-order chi connectivity index (χ1) is 14.3. The Bertz CT molecular complexity index is 860. The van der Waals surface area contributed by atoms with Crippen LogP contribution in [0.5, 0.6) is 11.5 Å². The van der Waals surface area contributed by atoms with E-state index in [0.717, 1.165) is 43.0 Å². The zero-order chi connectivity index (χ0) is 22.1. The normalized spacial score (nSPS) is 15.4. The molecule has 0 radical (unpaired) electrons. The Balaban J connectivity index is 0.000000469. The Morgan fingerprint density at radius 2 is 1.47 bits per heavy atom. The number of aliphatic carboxylic acids is 2. The lowest BCUT2D eigenvalue weighted by molar-refractivity contribution is -0.159. The van der Waals surface area contributed by atoms with Crippen molar-refractivity contribution in [1.29, 1.82) is 0 Å². The van der Waals surface area contributed by atoms with Crippen LogP contribution in [0.3, 0.4) is 0 Å². The van der Waals surface area contributed by atoms with Crippen LogP contribution >= 0.6 is 0 Å². The summed E-state index contributed by atoms with van der Waals surface area (Å²) in [6.07, 6.45) is 2.26. The molecule has 7 nitrogen and oxygen atoms in total. The van der Waals surface area contributed by atoms with E-state index in [-0.39, 0.29) is 0 Å². The first-order valence-corrected chi connectivity index (χ1v) is 9.80. The summed E-state index contributed by atoms with van der Waals surface area (Å²) in [5.41, 5.74) is 0.612. The zero-order valence-electron chi connectivity index (χ0n) is 17.2. The van der Waals surface area contributed by atoms with Crippen LogP contribution in [0.15, 0.2) is 54.6 Å². The Morgan fingerprint density at radius 3 is 2.00 bits per heavy atom. The summed E-state index contributed by atoms with van der Waals surface area (Å²) in [5, 5.41) is 14.8. The van der Waals surface area contributed by atoms with Gasteiger partial charge in [-0.3, -0.25) is 4.79 Å². The molecule has 7 heteroatoms. The molecule has 2 aromatic rings. The predicted octanol–water partition coefficient (Wildman–Crippen LogP) is 3.58. The molecule has 2 N–H and O–H groups in total. The Hall–Kier alpha value is -3.19. The summed E-state index contributed by atoms with van der Waals surface area (Å²) >= 11 is 0. The van der Waals surface area contributed by atoms with E-state index in [0.29, 0.717) is 12.2 Å². The van der Waals surface area contributed by atoms with Crippen molar-refractivity contribution in [2.24, 2.45) is 0 Å². The van der Waals surface area contributed by atoms with E-state index in [1.807, 2.05) is 55.5 Å². The van der Waals surface area contributed by atoms with Gasteiger partial charge in [0.05, 0.1) is 5.41 Å². The summed E-state index contributed by atoms with van der Waals surface area (Å²) in [6, 6.07) is 17.8. The lowest BCUT2D eigenvalue weighted by atomic mass is 9.68. The fourth-order valence-electron chi connectivity index (χ4n) is 3.60. The lowest BCUT2D eigenvalue weighted by Gasteiger charge is -2.40. The average Bonchev–Trinajstić information content (AvgIpc) is 2.75. The number of hydrogen-bond acceptors (Lipinski definition) is 5. The number of Topliss-reactive ketones (excluding diaryl/α,β-unsaturated/α-hetero) is 1. The molecular formula is C23H27NO6. The third kappa shape index (κ3) is 5.67. The number of benzene rings is 2. The highest BCUT2D eigenvalue weighted by molar-refractivity contribution is 6.27. The minimum absolute atomic E-state index is 0.319. The van der Waals surface area contributed by atoms with Gasteiger partial charge in [0.1, 0.15) is 17.3 Å². The van der Waals surface area contributed by atoms with Gasteiger partial charge in [0.25, 0.3) is 0 Å². The largest absolute Gasteiger partial charge is 0.473 e. The second-order valence-electron chi connectivity index (χ2n) is 7.18. The SMILES string of the molecule is CCC(=O)C1(c2ccccc2Oc2ccccc2)CCN(C)CC1.O=C(O)C(=O)O. The lowest BCUT2D eigenvalue weighted by Crippen LogP contribution is -2.46. The Morgan fingerprint density at radius 1 is 0.933 bits per heavy atom. The monoisotopic (exact) mass is 413 g/mol. The molecule has 0 spiro atoms. The van der Waals surface area contributed by atoms with Gasteiger partial charge in [0.2, 0.25) is 0 Å². The van der Waals surface area contributed by atoms with Gasteiger partial charge in [-0.25, -0.2) is 9.59 Å². The minimum Gasteiger partial charge on any atom is -0.473 e. The van der Waals surface area contributed by atoms with E-state index in [4.69, 9.17) is 24.5 Å². The van der Waals surface area contributed by atoms with Crippen molar-refractivity contribution in [3.05, 3.63) is 60.2 Å². The zero-order valence-corrected chi connectivity index (χ0v) is 17.2. The van der Waals surface area contributed by atoms with Crippen LogP contribution in [0.1, 0.15) is 31.7 Å². The number of carbonyl (C=O) groups excluding carboxylic acids is 1. The summed E-state index contributed by atoms with van der Waals surface area (Å²) < 4.78 is 6.14. The maximum absolute atomic E-state index is 12.9. The smallest absolute Gasteiger partial charge is 0.414 e. The number of ether oxygens (including phenoxy) is 1. The number of para-hydroxylation sites is 2. The van der Waals surface area contributed by atoms with Crippen molar-refractivity contribution >= 4 is 17.7 Å². The number of rotatable bonds is 5. The number of carboxylic acids is 2. The van der Waals surface area contributed by atoms with E-state index in [1.165, 1.54) is 0 Å². The van der Waals surface area contributed by atoms with E-state index >= 15 is 0 Å². The number of hydrogen-bond donors (Lipinski definition) is 2. The van der Waals surface area contributed by atoms with E-state index in [9.17, 15) is 4.79 Å². The molecule has 0 unspecified atom stereocenters. The molecule has 0 aromatic heterocycles. The molecule has 30 heavy (non-hydrogen) atoms. The number of nitrogens with zero attached hydrogens (tertiary/aromatic N) is 1. The fourth-order valence-corrected chi connectivity index (χ4v) is 3.60. The van der Waals surface area contributed by atoms with Gasteiger partial charge < -0.3 is 19.8 Å². The van der Waals surface area contributed by atoms with E-state index in [1.54, 1.807) is 0 Å². The highest BCUT2D eigenvalue weighted by atomic mass is 16.5. The van der Waals surface area contributed by atoms with Gasteiger partial charge in [-0.2, -0.15) is 0 Å². The van der Waals surface area contributed by atoms with Crippen LogP contribution in [-0.4, -0.2) is 53.0 Å². The van der Waals surface area contributed by atoms with Crippen LogP contribution < -0.4 is 4.74 Å². The van der Waals surface area contributed by atoms with Crippen LogP contribution in [-0.2, 0) is 19.8 Å². The summed E-state index contributed by atoms with van der Waals surface area (Å²) in [4.78, 5) is 33.4. The second-order valence-corrected chi connectivity index (χ2v) is 7.18. The molecule has 0 bridgehead atoms. The van der Waals surface area contributed by atoms with Crippen molar-refractivity contribution in [3.63, 3.8) is 0 Å². The Labute approximate surface area is 175 Å². The third-order valence-corrected chi connectivity index (χ3v) is 5.25. The van der Waals surface area contributed by atoms with Gasteiger partial charge in [-0.05, 0) is 51.2 Å². The average molecular weight is 413 g/mol. The van der Waals surface area contributed by atoms with Crippen LogP contribution in [0, 0.1) is 0 Å². The molecule has 0 aliphatic carbocycles. The third-order valence-electron chi connectivity index (χ3n) is 5.25. The highest BCUT2D eigenvalue weighted by Gasteiger charge is 2.42. The molecule has 1 saturated heterocycles. The number of carbonyl (C=O) groups is 3. The number of ketones is 1. The van der Waals surface area contributed by atoms with Crippen molar-refractivity contribution in [2.45, 2.75) is 31.6 Å². The maximum atomic E-state index is 12.9. The predicted molar refractivity (Wildman–Crippen MR) is 112 cm³/mol. The topological polar surface area (TPSA) is 104 Å². The molecule has 1 heterocycles. The van der Waals surface area contributed by atoms with E-state index in [2.05, 4.69) is 18.0 Å². The Kier molecular flexibility index (Phi) is 8.12. The molecular weight excluding hydrogens is 386 g/mol. The van der Waals surface area contributed by atoms with Crippen molar-refractivity contribution in [1.82, 2.24) is 4.90 Å². The molecule has 160 valence electrons. The summed E-state index contributed by atoms with van der Waals surface area (Å²) in [6.45, 7) is 3.83. The summed E-state index contributed by atoms with van der Waals surface area (Å²) in [7, 11) is 2.12. The van der Waals surface area contributed by atoms with Gasteiger partial charge in [0, 0.05) is 12.0 Å². The van der Waals surface area contributed by atoms with Crippen LogP contribution in [0.25, 0.3) is 0 Å². The van der Waals surface area contributed by atoms with Crippen LogP contribution in [0.2, 0.25) is 0 Å². The molecule has 1 aliphatic rings. The quantitative estimate of drug-likeness (QED) is 0.722. The van der Waals surface area contributed by atoms with Crippen molar-refractivity contribution in [2.75, 3.05) is 20.1 Å². The molecule has 0 amide bonds. The maximum Gasteiger partial charge on any atom is 0.414 e. The number of likely N-dealkylation sites (tertiary alicyclic amines) is 1. The number of carboxylic acid groups (broad SMARTS) is 2. The molecule has 3 rings (SSSR count). The first kappa shape index (κ1) is 23.1.